The first kappa shape index (κ1) is 9.89. The largest absolute Gasteiger partial charge is 0.387 e. The van der Waals surface area contributed by atoms with Crippen LogP contribution in [0.15, 0.2) is 12.1 Å². The average Bonchev–Trinajstić information content (AvgIpc) is 2.35. The molecule has 0 spiro atoms. The summed E-state index contributed by atoms with van der Waals surface area (Å²) in [4.78, 5) is 0.674. The summed E-state index contributed by atoms with van der Waals surface area (Å²) >= 11 is 6.78. The van der Waals surface area contributed by atoms with Crippen molar-refractivity contribution in [2.45, 2.75) is 19.0 Å². The second-order valence-electron chi connectivity index (χ2n) is 2.31. The predicted molar refractivity (Wildman–Crippen MR) is 45.0 cm³/mol. The fourth-order valence-corrected chi connectivity index (χ4v) is 1.89. The zero-order valence-corrected chi connectivity index (χ0v) is 7.58. The Balaban J connectivity index is 2.52. The van der Waals surface area contributed by atoms with E-state index in [1.807, 2.05) is 0 Å². The molecule has 0 aliphatic carbocycles. The molecule has 1 nitrogen and oxygen atoms in total. The Labute approximate surface area is 77.6 Å². The first-order valence-corrected chi connectivity index (χ1v) is 4.49. The molecule has 0 amide bonds. The van der Waals surface area contributed by atoms with Gasteiger partial charge in [0, 0.05) is 11.3 Å². The molecular formula is C7H7ClF2OS. The average molecular weight is 213 g/mol. The van der Waals surface area contributed by atoms with Gasteiger partial charge in [-0.2, -0.15) is 0 Å². The maximum atomic E-state index is 11.8. The molecule has 1 aromatic rings. The van der Waals surface area contributed by atoms with Crippen molar-refractivity contribution in [3.63, 3.8) is 0 Å². The number of thiophene rings is 1. The van der Waals surface area contributed by atoms with Gasteiger partial charge >= 0.3 is 0 Å². The van der Waals surface area contributed by atoms with Crippen LogP contribution in [0.25, 0.3) is 0 Å². The third kappa shape index (κ3) is 2.69. The lowest BCUT2D eigenvalue weighted by Crippen LogP contribution is -2.19. The van der Waals surface area contributed by atoms with Crippen LogP contribution in [-0.2, 0) is 6.42 Å². The Kier molecular flexibility index (Phi) is 3.43. The first-order chi connectivity index (χ1) is 5.59. The fourth-order valence-electron chi connectivity index (χ4n) is 0.757. The van der Waals surface area contributed by atoms with Gasteiger partial charge in [-0.15, -0.1) is 11.3 Å². The van der Waals surface area contributed by atoms with Crippen LogP contribution in [0.3, 0.4) is 0 Å². The van der Waals surface area contributed by atoms with E-state index in [-0.39, 0.29) is 6.42 Å². The molecule has 1 atom stereocenters. The Hall–Kier alpha value is -0.190. The normalized spacial score (nSPS) is 13.8. The van der Waals surface area contributed by atoms with E-state index in [1.165, 1.54) is 11.3 Å². The van der Waals surface area contributed by atoms with Crippen LogP contribution in [0.4, 0.5) is 8.78 Å². The number of alkyl halides is 2. The zero-order valence-electron chi connectivity index (χ0n) is 6.01. The van der Waals surface area contributed by atoms with Gasteiger partial charge in [0.15, 0.2) is 0 Å². The van der Waals surface area contributed by atoms with E-state index < -0.39 is 12.5 Å². The number of hydrogen-bond acceptors (Lipinski definition) is 2. The predicted octanol–water partition coefficient (Wildman–Crippen LogP) is 2.57. The van der Waals surface area contributed by atoms with Crippen molar-refractivity contribution >= 4 is 22.9 Å². The number of hydrogen-bond donors (Lipinski definition) is 1. The van der Waals surface area contributed by atoms with E-state index in [0.717, 1.165) is 0 Å². The van der Waals surface area contributed by atoms with Crippen molar-refractivity contribution in [3.05, 3.63) is 21.3 Å². The molecule has 1 heterocycles. The monoisotopic (exact) mass is 212 g/mol. The lowest BCUT2D eigenvalue weighted by Gasteiger charge is -2.06. The summed E-state index contributed by atoms with van der Waals surface area (Å²) in [5.74, 6) is 0. The maximum Gasteiger partial charge on any atom is 0.264 e. The van der Waals surface area contributed by atoms with Crippen LogP contribution >= 0.6 is 22.9 Å². The molecule has 68 valence electrons. The van der Waals surface area contributed by atoms with Gasteiger partial charge in [0.2, 0.25) is 0 Å². The van der Waals surface area contributed by atoms with Crippen LogP contribution in [0.5, 0.6) is 0 Å². The van der Waals surface area contributed by atoms with Crippen LogP contribution in [-0.4, -0.2) is 17.6 Å². The lowest BCUT2D eigenvalue weighted by molar-refractivity contribution is -0.00322. The summed E-state index contributed by atoms with van der Waals surface area (Å²) in [6, 6.07) is 3.26. The zero-order chi connectivity index (χ0) is 9.14. The highest BCUT2D eigenvalue weighted by Gasteiger charge is 2.17. The van der Waals surface area contributed by atoms with Gasteiger partial charge in [-0.25, -0.2) is 8.78 Å². The van der Waals surface area contributed by atoms with Gasteiger partial charge in [-0.05, 0) is 12.1 Å². The summed E-state index contributed by atoms with van der Waals surface area (Å²) < 4.78 is 24.2. The second-order valence-corrected chi connectivity index (χ2v) is 4.11. The summed E-state index contributed by atoms with van der Waals surface area (Å²) in [6.07, 6.45) is -4.31. The Morgan fingerprint density at radius 3 is 2.58 bits per heavy atom. The third-order valence-electron chi connectivity index (χ3n) is 1.33. The van der Waals surface area contributed by atoms with E-state index in [1.54, 1.807) is 12.1 Å². The smallest absolute Gasteiger partial charge is 0.264 e. The highest BCUT2D eigenvalue weighted by atomic mass is 35.5. The third-order valence-corrected chi connectivity index (χ3v) is 2.58. The molecule has 0 aliphatic heterocycles. The van der Waals surface area contributed by atoms with Crippen molar-refractivity contribution in [2.24, 2.45) is 0 Å². The molecule has 1 aromatic heterocycles. The van der Waals surface area contributed by atoms with Crippen molar-refractivity contribution in [1.29, 1.82) is 0 Å². The molecule has 0 fully saturated rings. The molecule has 1 rings (SSSR count). The van der Waals surface area contributed by atoms with E-state index >= 15 is 0 Å². The van der Waals surface area contributed by atoms with Crippen molar-refractivity contribution in [1.82, 2.24) is 0 Å². The summed E-state index contributed by atoms with van der Waals surface area (Å²) in [6.45, 7) is 0. The molecule has 1 N–H and O–H groups in total. The summed E-state index contributed by atoms with van der Waals surface area (Å²) in [5, 5.41) is 8.80. The number of aliphatic hydroxyl groups is 1. The molecule has 0 saturated heterocycles. The molecular weight excluding hydrogens is 206 g/mol. The Morgan fingerprint density at radius 1 is 1.50 bits per heavy atom. The Bertz CT molecular complexity index is 251. The highest BCUT2D eigenvalue weighted by molar-refractivity contribution is 7.16. The molecule has 0 saturated carbocycles. The highest BCUT2D eigenvalue weighted by Crippen LogP contribution is 2.23. The summed E-state index contributed by atoms with van der Waals surface area (Å²) in [7, 11) is 0. The SMILES string of the molecule is OC(Cc1ccc(Cl)s1)C(F)F. The van der Waals surface area contributed by atoms with E-state index in [2.05, 4.69) is 0 Å². The van der Waals surface area contributed by atoms with Gasteiger partial charge < -0.3 is 5.11 Å². The fraction of sp³-hybridized carbons (Fsp3) is 0.429. The molecule has 12 heavy (non-hydrogen) atoms. The second kappa shape index (κ2) is 4.16. The van der Waals surface area contributed by atoms with E-state index in [0.29, 0.717) is 9.21 Å². The van der Waals surface area contributed by atoms with Crippen LogP contribution < -0.4 is 0 Å². The molecule has 1 unspecified atom stereocenters. The van der Waals surface area contributed by atoms with E-state index in [9.17, 15) is 8.78 Å². The number of aliphatic hydroxyl groups excluding tert-OH is 1. The van der Waals surface area contributed by atoms with Gasteiger partial charge in [0.25, 0.3) is 6.43 Å². The molecule has 0 aliphatic rings. The number of rotatable bonds is 3. The molecule has 5 heteroatoms. The minimum absolute atomic E-state index is 0.0327. The van der Waals surface area contributed by atoms with Crippen molar-refractivity contribution < 1.29 is 13.9 Å². The molecule has 0 radical (unpaired) electrons. The van der Waals surface area contributed by atoms with Gasteiger partial charge in [-0.3, -0.25) is 0 Å². The minimum atomic E-state index is -2.69. The van der Waals surface area contributed by atoms with Gasteiger partial charge in [-0.1, -0.05) is 11.6 Å². The standard InChI is InChI=1S/C7H7ClF2OS/c8-6-2-1-4(12-6)3-5(11)7(9)10/h1-2,5,7,11H,3H2. The lowest BCUT2D eigenvalue weighted by atomic mass is 10.2. The Morgan fingerprint density at radius 2 is 2.17 bits per heavy atom. The van der Waals surface area contributed by atoms with Crippen LogP contribution in [0.1, 0.15) is 4.88 Å². The number of halogens is 3. The molecule has 0 aromatic carbocycles. The first-order valence-electron chi connectivity index (χ1n) is 3.30. The quantitative estimate of drug-likeness (QED) is 0.817. The topological polar surface area (TPSA) is 20.2 Å². The van der Waals surface area contributed by atoms with Crippen molar-refractivity contribution in [3.8, 4) is 0 Å². The van der Waals surface area contributed by atoms with Gasteiger partial charge in [0.05, 0.1) is 4.34 Å². The van der Waals surface area contributed by atoms with Crippen molar-refractivity contribution in [2.75, 3.05) is 0 Å². The van der Waals surface area contributed by atoms with Gasteiger partial charge in [0.1, 0.15) is 6.10 Å². The summed E-state index contributed by atoms with van der Waals surface area (Å²) in [5.41, 5.74) is 0. The van der Waals surface area contributed by atoms with E-state index in [4.69, 9.17) is 16.7 Å². The molecule has 0 bridgehead atoms. The van der Waals surface area contributed by atoms with Crippen LogP contribution in [0, 0.1) is 0 Å². The maximum absolute atomic E-state index is 11.8. The van der Waals surface area contributed by atoms with Crippen LogP contribution in [0.2, 0.25) is 4.34 Å². The minimum Gasteiger partial charge on any atom is -0.387 e.